The van der Waals surface area contributed by atoms with Crippen LogP contribution in [0.2, 0.25) is 0 Å². The lowest BCUT2D eigenvalue weighted by Crippen LogP contribution is -2.21. The van der Waals surface area contributed by atoms with Crippen LogP contribution in [0.3, 0.4) is 0 Å². The van der Waals surface area contributed by atoms with Crippen LogP contribution >= 0.6 is 0 Å². The number of carbonyl (C=O) groups is 1. The number of alkyl halides is 3. The second kappa shape index (κ2) is 7.16. The van der Waals surface area contributed by atoms with Crippen LogP contribution in [0.5, 0.6) is 11.5 Å². The van der Waals surface area contributed by atoms with Gasteiger partial charge < -0.3 is 14.8 Å². The monoisotopic (exact) mass is 347 g/mol. The van der Waals surface area contributed by atoms with Crippen LogP contribution in [0.1, 0.15) is 0 Å². The summed E-state index contributed by atoms with van der Waals surface area (Å²) < 4.78 is 71.0. The molecular weight excluding hydrogens is 337 g/mol. The van der Waals surface area contributed by atoms with Gasteiger partial charge >= 0.3 is 6.36 Å². The van der Waals surface area contributed by atoms with E-state index < -0.39 is 36.3 Å². The predicted molar refractivity (Wildman–Crippen MR) is 73.6 cm³/mol. The van der Waals surface area contributed by atoms with Crippen molar-refractivity contribution in [1.29, 1.82) is 0 Å². The zero-order valence-corrected chi connectivity index (χ0v) is 11.9. The van der Waals surface area contributed by atoms with Gasteiger partial charge in [-0.3, -0.25) is 4.79 Å². The number of nitrogens with one attached hydrogen (secondary N) is 1. The number of hydrogen-bond acceptors (Lipinski definition) is 3. The smallest absolute Gasteiger partial charge is 0.481 e. The van der Waals surface area contributed by atoms with Gasteiger partial charge in [0.05, 0.1) is 0 Å². The molecule has 0 radical (unpaired) electrons. The van der Waals surface area contributed by atoms with Crippen molar-refractivity contribution < 1.29 is 36.2 Å². The van der Waals surface area contributed by atoms with E-state index >= 15 is 0 Å². The number of benzene rings is 2. The fraction of sp³-hybridized carbons (Fsp3) is 0.133. The maximum Gasteiger partial charge on any atom is 0.573 e. The number of amides is 1. The third-order valence-electron chi connectivity index (χ3n) is 2.60. The summed E-state index contributed by atoms with van der Waals surface area (Å²) >= 11 is 0. The molecule has 0 heterocycles. The Bertz CT molecular complexity index is 733. The molecule has 128 valence electrons. The van der Waals surface area contributed by atoms with E-state index in [0.717, 1.165) is 24.3 Å². The van der Waals surface area contributed by atoms with Gasteiger partial charge in [-0.1, -0.05) is 6.07 Å². The van der Waals surface area contributed by atoms with Gasteiger partial charge in [-0.05, 0) is 24.3 Å². The normalized spacial score (nSPS) is 11.0. The molecule has 0 aliphatic carbocycles. The number of hydrogen-bond donors (Lipinski definition) is 1. The minimum Gasteiger partial charge on any atom is -0.481 e. The van der Waals surface area contributed by atoms with Gasteiger partial charge in [0, 0.05) is 17.8 Å². The van der Waals surface area contributed by atoms with Crippen molar-refractivity contribution in [3.63, 3.8) is 0 Å². The van der Waals surface area contributed by atoms with Gasteiger partial charge in [-0.25, -0.2) is 8.78 Å². The lowest BCUT2D eigenvalue weighted by molar-refractivity contribution is -0.274. The first kappa shape index (κ1) is 17.5. The Morgan fingerprint density at radius 1 is 1.08 bits per heavy atom. The molecule has 2 aromatic carbocycles. The van der Waals surface area contributed by atoms with Crippen molar-refractivity contribution in [1.82, 2.24) is 0 Å². The molecule has 0 aliphatic heterocycles. The molecule has 4 nitrogen and oxygen atoms in total. The molecule has 2 rings (SSSR count). The average Bonchev–Trinajstić information content (AvgIpc) is 2.45. The molecule has 0 unspecified atom stereocenters. The molecule has 1 amide bonds. The molecule has 0 saturated heterocycles. The van der Waals surface area contributed by atoms with E-state index in [-0.39, 0.29) is 11.4 Å². The molecule has 0 saturated carbocycles. The maximum atomic E-state index is 13.3. The topological polar surface area (TPSA) is 47.6 Å². The van der Waals surface area contributed by atoms with Crippen molar-refractivity contribution in [2.24, 2.45) is 0 Å². The van der Waals surface area contributed by atoms with Gasteiger partial charge in [-0.2, -0.15) is 0 Å². The van der Waals surface area contributed by atoms with Crippen LogP contribution in [0, 0.1) is 11.6 Å². The molecular formula is C15H10F5NO3. The predicted octanol–water partition coefficient (Wildman–Crippen LogP) is 3.88. The second-order valence-electron chi connectivity index (χ2n) is 4.49. The summed E-state index contributed by atoms with van der Waals surface area (Å²) in [7, 11) is 0. The molecule has 0 fully saturated rings. The summed E-state index contributed by atoms with van der Waals surface area (Å²) in [6, 6.07) is 7.16. The van der Waals surface area contributed by atoms with Gasteiger partial charge in [0.25, 0.3) is 5.91 Å². The Balaban J connectivity index is 1.93. The van der Waals surface area contributed by atoms with Gasteiger partial charge in [0.1, 0.15) is 11.6 Å². The van der Waals surface area contributed by atoms with Crippen LogP contribution < -0.4 is 14.8 Å². The first-order valence-electron chi connectivity index (χ1n) is 6.46. The van der Waals surface area contributed by atoms with Crippen LogP contribution in [0.4, 0.5) is 27.6 Å². The van der Waals surface area contributed by atoms with E-state index in [1.165, 1.54) is 12.1 Å². The molecule has 0 bridgehead atoms. The Morgan fingerprint density at radius 2 is 1.83 bits per heavy atom. The molecule has 1 N–H and O–H groups in total. The zero-order valence-electron chi connectivity index (χ0n) is 11.9. The van der Waals surface area contributed by atoms with E-state index in [1.54, 1.807) is 0 Å². The summed E-state index contributed by atoms with van der Waals surface area (Å²) in [5.74, 6) is -3.37. The summed E-state index contributed by atoms with van der Waals surface area (Å²) in [6.07, 6.45) is -4.86. The SMILES string of the molecule is O=C(COc1ccc(F)cc1F)Nc1cccc(OC(F)(F)F)c1. The molecule has 0 spiro atoms. The molecule has 2 aromatic rings. The van der Waals surface area contributed by atoms with Crippen LogP contribution in [0.25, 0.3) is 0 Å². The minimum absolute atomic E-state index is 0.0323. The van der Waals surface area contributed by atoms with E-state index in [1.807, 2.05) is 0 Å². The minimum atomic E-state index is -4.86. The van der Waals surface area contributed by atoms with Gasteiger partial charge in [0.15, 0.2) is 18.2 Å². The molecule has 0 aromatic heterocycles. The summed E-state index contributed by atoms with van der Waals surface area (Å²) in [5, 5.41) is 2.26. The highest BCUT2D eigenvalue weighted by molar-refractivity contribution is 5.92. The highest BCUT2D eigenvalue weighted by atomic mass is 19.4. The van der Waals surface area contributed by atoms with Crippen LogP contribution in [0.15, 0.2) is 42.5 Å². The summed E-state index contributed by atoms with van der Waals surface area (Å²) in [5.41, 5.74) is 0.0323. The summed E-state index contributed by atoms with van der Waals surface area (Å²) in [6.45, 7) is -0.618. The van der Waals surface area contributed by atoms with Crippen molar-refractivity contribution in [2.75, 3.05) is 11.9 Å². The summed E-state index contributed by atoms with van der Waals surface area (Å²) in [4.78, 5) is 11.7. The fourth-order valence-corrected chi connectivity index (χ4v) is 1.70. The standard InChI is InChI=1S/C15H10F5NO3/c16-9-4-5-13(12(17)6-9)23-8-14(22)21-10-2-1-3-11(7-10)24-15(18,19)20/h1-7H,8H2,(H,21,22). The molecule has 0 atom stereocenters. The van der Waals surface area contributed by atoms with E-state index in [4.69, 9.17) is 4.74 Å². The quantitative estimate of drug-likeness (QED) is 0.835. The van der Waals surface area contributed by atoms with Crippen molar-refractivity contribution in [3.8, 4) is 11.5 Å². The number of halogens is 5. The first-order valence-corrected chi connectivity index (χ1v) is 6.46. The van der Waals surface area contributed by atoms with Crippen LogP contribution in [-0.4, -0.2) is 18.9 Å². The van der Waals surface area contributed by atoms with E-state index in [9.17, 15) is 26.7 Å². The third-order valence-corrected chi connectivity index (χ3v) is 2.60. The lowest BCUT2D eigenvalue weighted by atomic mass is 10.3. The molecule has 24 heavy (non-hydrogen) atoms. The highest BCUT2D eigenvalue weighted by Gasteiger charge is 2.31. The fourth-order valence-electron chi connectivity index (χ4n) is 1.70. The number of anilines is 1. The largest absolute Gasteiger partial charge is 0.573 e. The number of rotatable bonds is 5. The molecule has 9 heteroatoms. The van der Waals surface area contributed by atoms with Crippen LogP contribution in [-0.2, 0) is 4.79 Å². The van der Waals surface area contributed by atoms with Crippen molar-refractivity contribution >= 4 is 11.6 Å². The van der Waals surface area contributed by atoms with Gasteiger partial charge in [-0.15, -0.1) is 13.2 Å². The Morgan fingerprint density at radius 3 is 2.50 bits per heavy atom. The maximum absolute atomic E-state index is 13.3. The van der Waals surface area contributed by atoms with E-state index in [2.05, 4.69) is 10.1 Å². The van der Waals surface area contributed by atoms with Crippen molar-refractivity contribution in [3.05, 3.63) is 54.1 Å². The number of carbonyl (C=O) groups excluding carboxylic acids is 1. The average molecular weight is 347 g/mol. The lowest BCUT2D eigenvalue weighted by Gasteiger charge is -2.11. The number of ether oxygens (including phenoxy) is 2. The Kier molecular flexibility index (Phi) is 5.22. The molecule has 0 aliphatic rings. The third kappa shape index (κ3) is 5.41. The van der Waals surface area contributed by atoms with Crippen molar-refractivity contribution in [2.45, 2.75) is 6.36 Å². The first-order chi connectivity index (χ1) is 11.2. The Hall–Kier alpha value is -2.84. The zero-order chi connectivity index (χ0) is 17.7. The highest BCUT2D eigenvalue weighted by Crippen LogP contribution is 2.25. The van der Waals surface area contributed by atoms with Gasteiger partial charge in [0.2, 0.25) is 0 Å². The van der Waals surface area contributed by atoms with E-state index in [0.29, 0.717) is 6.07 Å². The second-order valence-corrected chi connectivity index (χ2v) is 4.49. The Labute approximate surface area is 132 Å².